The summed E-state index contributed by atoms with van der Waals surface area (Å²) >= 11 is 0. The lowest BCUT2D eigenvalue weighted by molar-refractivity contribution is 0.0690. The van der Waals surface area contributed by atoms with Gasteiger partial charge in [-0.1, -0.05) is 0 Å². The van der Waals surface area contributed by atoms with Crippen LogP contribution in [0.15, 0.2) is 33.9 Å². The fourth-order valence-electron chi connectivity index (χ4n) is 2.28. The Bertz CT molecular complexity index is 1030. The topological polar surface area (TPSA) is 127 Å². The monoisotopic (exact) mass is 328 g/mol. The number of furan rings is 1. The molecule has 2 N–H and O–H groups in total. The molecule has 1 amide bonds. The number of aryl methyl sites for hydroxylation is 2. The Hall–Kier alpha value is -3.49. The van der Waals surface area contributed by atoms with Gasteiger partial charge in [0.1, 0.15) is 23.2 Å². The number of amides is 1. The van der Waals surface area contributed by atoms with Gasteiger partial charge in [0.25, 0.3) is 11.5 Å². The van der Waals surface area contributed by atoms with Crippen LogP contribution in [0.2, 0.25) is 0 Å². The zero-order valence-electron chi connectivity index (χ0n) is 12.7. The van der Waals surface area contributed by atoms with Gasteiger partial charge in [-0.05, 0) is 19.1 Å². The quantitative estimate of drug-likeness (QED) is 0.739. The van der Waals surface area contributed by atoms with E-state index in [-0.39, 0.29) is 33.8 Å². The van der Waals surface area contributed by atoms with Gasteiger partial charge in [0.2, 0.25) is 5.71 Å². The minimum atomic E-state index is -1.21. The minimum Gasteiger partial charge on any atom is -0.477 e. The van der Waals surface area contributed by atoms with Crippen molar-refractivity contribution in [3.05, 3.63) is 52.0 Å². The number of carbonyl (C=O) groups is 2. The van der Waals surface area contributed by atoms with Crippen LogP contribution < -0.4 is 10.9 Å². The Morgan fingerprint density at radius 2 is 2.08 bits per heavy atom. The van der Waals surface area contributed by atoms with E-state index < -0.39 is 17.4 Å². The van der Waals surface area contributed by atoms with Crippen molar-refractivity contribution in [1.82, 2.24) is 14.5 Å². The average molecular weight is 328 g/mol. The first-order valence-corrected chi connectivity index (χ1v) is 6.84. The van der Waals surface area contributed by atoms with Crippen molar-refractivity contribution >= 4 is 28.7 Å². The predicted molar refractivity (Wildman–Crippen MR) is 83.1 cm³/mol. The molecule has 122 valence electrons. The number of pyridine rings is 1. The molecular formula is C15H12N4O5. The van der Waals surface area contributed by atoms with Crippen molar-refractivity contribution in [2.24, 2.45) is 7.05 Å². The first-order valence-electron chi connectivity index (χ1n) is 6.84. The number of carbonyl (C=O) groups excluding carboxylic acids is 1. The molecule has 0 bridgehead atoms. The zero-order valence-corrected chi connectivity index (χ0v) is 12.7. The number of nitrogens with one attached hydrogen (secondary N) is 1. The van der Waals surface area contributed by atoms with Crippen molar-refractivity contribution < 1.29 is 19.1 Å². The molecule has 9 nitrogen and oxygen atoms in total. The molecule has 3 rings (SSSR count). The van der Waals surface area contributed by atoms with E-state index in [0.29, 0.717) is 0 Å². The van der Waals surface area contributed by atoms with Crippen molar-refractivity contribution in [2.75, 3.05) is 5.32 Å². The molecule has 0 saturated carbocycles. The Kier molecular flexibility index (Phi) is 3.60. The first-order chi connectivity index (χ1) is 11.4. The maximum absolute atomic E-state index is 12.5. The number of aromatic carboxylic acids is 1. The molecule has 24 heavy (non-hydrogen) atoms. The molecule has 0 fully saturated rings. The van der Waals surface area contributed by atoms with Crippen LogP contribution in [0.3, 0.4) is 0 Å². The third-order valence-corrected chi connectivity index (χ3v) is 3.41. The highest BCUT2D eigenvalue weighted by molar-refractivity contribution is 6.12. The highest BCUT2D eigenvalue weighted by Gasteiger charge is 2.22. The molecule has 0 aliphatic carbocycles. The lowest BCUT2D eigenvalue weighted by atomic mass is 10.1. The number of carboxylic acids is 1. The molecule has 0 unspecified atom stereocenters. The summed E-state index contributed by atoms with van der Waals surface area (Å²) in [5.74, 6) is -1.57. The molecule has 0 saturated heterocycles. The van der Waals surface area contributed by atoms with E-state index in [2.05, 4.69) is 15.3 Å². The third-order valence-electron chi connectivity index (χ3n) is 3.41. The predicted octanol–water partition coefficient (Wildman–Crippen LogP) is 1.18. The number of anilines is 1. The number of fused-ring (bicyclic) bond motifs is 1. The molecule has 0 spiro atoms. The van der Waals surface area contributed by atoms with Gasteiger partial charge < -0.3 is 19.4 Å². The summed E-state index contributed by atoms with van der Waals surface area (Å²) in [4.78, 5) is 43.4. The third kappa shape index (κ3) is 2.51. The summed E-state index contributed by atoms with van der Waals surface area (Å²) in [6.07, 6.45) is 2.57. The summed E-state index contributed by atoms with van der Waals surface area (Å²) in [6, 6.07) is 2.66. The number of hydrogen-bond donors (Lipinski definition) is 2. The van der Waals surface area contributed by atoms with E-state index in [4.69, 9.17) is 9.52 Å². The largest absolute Gasteiger partial charge is 0.477 e. The molecule has 3 heterocycles. The molecule has 9 heteroatoms. The molecule has 0 aliphatic heterocycles. The van der Waals surface area contributed by atoms with Crippen LogP contribution in [0, 0.1) is 6.92 Å². The number of carboxylic acid groups (broad SMARTS) is 1. The molecule has 0 aromatic carbocycles. The van der Waals surface area contributed by atoms with Gasteiger partial charge in [0, 0.05) is 18.9 Å². The van der Waals surface area contributed by atoms with Crippen LogP contribution in [-0.4, -0.2) is 31.5 Å². The van der Waals surface area contributed by atoms with Crippen molar-refractivity contribution in [1.29, 1.82) is 0 Å². The fourth-order valence-corrected chi connectivity index (χ4v) is 2.28. The number of aromatic nitrogens is 3. The van der Waals surface area contributed by atoms with Crippen molar-refractivity contribution in [3.63, 3.8) is 0 Å². The van der Waals surface area contributed by atoms with E-state index in [9.17, 15) is 14.4 Å². The van der Waals surface area contributed by atoms with Gasteiger partial charge in [-0.3, -0.25) is 9.59 Å². The maximum atomic E-state index is 12.5. The van der Waals surface area contributed by atoms with Crippen molar-refractivity contribution in [3.8, 4) is 0 Å². The van der Waals surface area contributed by atoms with Crippen LogP contribution in [0.5, 0.6) is 0 Å². The van der Waals surface area contributed by atoms with Gasteiger partial charge in [-0.2, -0.15) is 0 Å². The van der Waals surface area contributed by atoms with E-state index in [1.54, 1.807) is 6.92 Å². The van der Waals surface area contributed by atoms with Gasteiger partial charge in [-0.25, -0.2) is 14.8 Å². The molecule has 0 atom stereocenters. The Morgan fingerprint density at radius 1 is 1.33 bits per heavy atom. The van der Waals surface area contributed by atoms with Gasteiger partial charge in [-0.15, -0.1) is 0 Å². The van der Waals surface area contributed by atoms with Crippen LogP contribution in [0.25, 0.3) is 11.1 Å². The summed E-state index contributed by atoms with van der Waals surface area (Å²) in [6.45, 7) is 1.55. The second-order valence-corrected chi connectivity index (χ2v) is 5.06. The van der Waals surface area contributed by atoms with Crippen LogP contribution in [0.4, 0.5) is 5.69 Å². The Labute approximate surface area is 134 Å². The standard InChI is InChI=1S/C15H12N4O5/c1-7-10(11-13(24-7)17-6-19(2)14(11)21)12(20)18-8-3-4-16-9(5-8)15(22)23/h3-6H,1-2H3,(H,22,23)(H,16,18,20). The summed E-state index contributed by atoms with van der Waals surface area (Å²) in [5.41, 5.74) is -0.252. The highest BCUT2D eigenvalue weighted by atomic mass is 16.4. The minimum absolute atomic E-state index is 0.0624. The molecule has 3 aromatic rings. The maximum Gasteiger partial charge on any atom is 0.354 e. The lowest BCUT2D eigenvalue weighted by Gasteiger charge is -2.05. The Balaban J connectivity index is 2.05. The zero-order chi connectivity index (χ0) is 17.4. The van der Waals surface area contributed by atoms with E-state index in [1.165, 1.54) is 36.3 Å². The number of nitrogens with zero attached hydrogens (tertiary/aromatic N) is 3. The van der Waals surface area contributed by atoms with E-state index in [0.717, 1.165) is 0 Å². The average Bonchev–Trinajstić information content (AvgIpc) is 2.88. The van der Waals surface area contributed by atoms with E-state index >= 15 is 0 Å². The summed E-state index contributed by atoms with van der Waals surface area (Å²) < 4.78 is 6.60. The Morgan fingerprint density at radius 3 is 2.79 bits per heavy atom. The summed E-state index contributed by atoms with van der Waals surface area (Å²) in [7, 11) is 1.51. The second kappa shape index (κ2) is 5.61. The summed E-state index contributed by atoms with van der Waals surface area (Å²) in [5, 5.41) is 11.6. The normalized spacial score (nSPS) is 10.8. The second-order valence-electron chi connectivity index (χ2n) is 5.06. The highest BCUT2D eigenvalue weighted by Crippen LogP contribution is 2.22. The van der Waals surface area contributed by atoms with Gasteiger partial charge in [0.15, 0.2) is 0 Å². The smallest absolute Gasteiger partial charge is 0.354 e. The number of rotatable bonds is 3. The van der Waals surface area contributed by atoms with Crippen LogP contribution >= 0.6 is 0 Å². The first kappa shape index (κ1) is 15.4. The molecular weight excluding hydrogens is 316 g/mol. The molecule has 3 aromatic heterocycles. The van der Waals surface area contributed by atoms with Crippen LogP contribution in [0.1, 0.15) is 26.6 Å². The molecule has 0 radical (unpaired) electrons. The lowest BCUT2D eigenvalue weighted by Crippen LogP contribution is -2.20. The SMILES string of the molecule is Cc1oc2ncn(C)c(=O)c2c1C(=O)Nc1ccnc(C(=O)O)c1. The van der Waals surface area contributed by atoms with Crippen molar-refractivity contribution in [2.45, 2.75) is 6.92 Å². The van der Waals surface area contributed by atoms with E-state index in [1.807, 2.05) is 0 Å². The van der Waals surface area contributed by atoms with Gasteiger partial charge >= 0.3 is 5.97 Å². The van der Waals surface area contributed by atoms with Crippen LogP contribution in [-0.2, 0) is 7.05 Å². The fraction of sp³-hybridized carbons (Fsp3) is 0.133. The van der Waals surface area contributed by atoms with Gasteiger partial charge in [0.05, 0.1) is 5.56 Å². The molecule has 0 aliphatic rings. The number of hydrogen-bond acceptors (Lipinski definition) is 6.